The molecule has 0 aliphatic carbocycles. The molecule has 2 N–H and O–H groups in total. The first-order valence-electron chi connectivity index (χ1n) is 7.36. The Labute approximate surface area is 127 Å². The molecule has 1 aromatic rings. The number of rotatable bonds is 6. The Morgan fingerprint density at radius 2 is 1.95 bits per heavy atom. The van der Waals surface area contributed by atoms with Crippen LogP contribution in [0, 0.1) is 5.92 Å². The van der Waals surface area contributed by atoms with E-state index in [2.05, 4.69) is 17.0 Å². The van der Waals surface area contributed by atoms with Crippen LogP contribution in [-0.2, 0) is 14.8 Å². The summed E-state index contributed by atoms with van der Waals surface area (Å²) in [5.41, 5.74) is 0.644. The van der Waals surface area contributed by atoms with Gasteiger partial charge in [-0.15, -0.1) is 0 Å². The Morgan fingerprint density at radius 3 is 2.57 bits per heavy atom. The Balaban J connectivity index is 2.20. The van der Waals surface area contributed by atoms with Crippen molar-refractivity contribution < 1.29 is 13.2 Å². The van der Waals surface area contributed by atoms with Crippen LogP contribution in [0.4, 0.5) is 5.69 Å². The van der Waals surface area contributed by atoms with E-state index in [4.69, 9.17) is 4.74 Å². The summed E-state index contributed by atoms with van der Waals surface area (Å²) >= 11 is 0. The molecule has 1 saturated heterocycles. The van der Waals surface area contributed by atoms with E-state index in [0.717, 1.165) is 19.6 Å². The van der Waals surface area contributed by atoms with Crippen molar-refractivity contribution in [3.63, 3.8) is 0 Å². The highest BCUT2D eigenvalue weighted by atomic mass is 32.2. The van der Waals surface area contributed by atoms with Crippen LogP contribution in [0.15, 0.2) is 29.2 Å². The van der Waals surface area contributed by atoms with Crippen molar-refractivity contribution >= 4 is 15.7 Å². The van der Waals surface area contributed by atoms with E-state index in [1.165, 1.54) is 0 Å². The van der Waals surface area contributed by atoms with E-state index in [0.29, 0.717) is 16.5 Å². The van der Waals surface area contributed by atoms with E-state index in [-0.39, 0.29) is 12.1 Å². The topological polar surface area (TPSA) is 67.4 Å². The van der Waals surface area contributed by atoms with Gasteiger partial charge in [0.15, 0.2) is 0 Å². The Hall–Kier alpha value is -1.11. The molecule has 2 unspecified atom stereocenters. The quantitative estimate of drug-likeness (QED) is 0.845. The first-order chi connectivity index (χ1) is 9.90. The molecule has 1 heterocycles. The van der Waals surface area contributed by atoms with Crippen LogP contribution in [0.2, 0.25) is 0 Å². The van der Waals surface area contributed by atoms with Crippen molar-refractivity contribution in [3.05, 3.63) is 24.3 Å². The summed E-state index contributed by atoms with van der Waals surface area (Å²) in [6, 6.07) is 7.05. The van der Waals surface area contributed by atoms with Gasteiger partial charge >= 0.3 is 0 Å². The van der Waals surface area contributed by atoms with Gasteiger partial charge in [-0.25, -0.2) is 13.1 Å². The zero-order valence-electron chi connectivity index (χ0n) is 12.8. The summed E-state index contributed by atoms with van der Waals surface area (Å²) in [5.74, 6) is 0.416. The molecule has 2 rings (SSSR count). The fourth-order valence-electron chi connectivity index (χ4n) is 2.50. The third-order valence-corrected chi connectivity index (χ3v) is 5.34. The molecule has 2 atom stereocenters. The summed E-state index contributed by atoms with van der Waals surface area (Å²) in [6.07, 6.45) is 1.01. The summed E-state index contributed by atoms with van der Waals surface area (Å²) in [5, 5.41) is 3.33. The lowest BCUT2D eigenvalue weighted by Gasteiger charge is -2.22. The largest absolute Gasteiger partial charge is 0.381 e. The third kappa shape index (κ3) is 4.18. The molecule has 5 nitrogen and oxygen atoms in total. The minimum Gasteiger partial charge on any atom is -0.381 e. The van der Waals surface area contributed by atoms with E-state index < -0.39 is 10.0 Å². The first-order valence-corrected chi connectivity index (χ1v) is 8.84. The Morgan fingerprint density at radius 1 is 1.24 bits per heavy atom. The van der Waals surface area contributed by atoms with Crippen LogP contribution in [0.5, 0.6) is 0 Å². The van der Waals surface area contributed by atoms with Crippen LogP contribution in [-0.4, -0.2) is 33.7 Å². The van der Waals surface area contributed by atoms with Crippen LogP contribution in [0.1, 0.15) is 27.2 Å². The average molecular weight is 312 g/mol. The van der Waals surface area contributed by atoms with Crippen LogP contribution < -0.4 is 10.0 Å². The molecule has 1 aromatic carbocycles. The molecule has 118 valence electrons. The zero-order valence-corrected chi connectivity index (χ0v) is 13.6. The minimum atomic E-state index is -3.50. The molecular weight excluding hydrogens is 288 g/mol. The van der Waals surface area contributed by atoms with Gasteiger partial charge in [0.05, 0.1) is 12.3 Å². The SMILES string of the molecule is CC(C)NS(=O)(=O)c1ccccc1NC(C)C1CCOC1. The minimum absolute atomic E-state index is 0.135. The molecule has 0 spiro atoms. The van der Waals surface area contributed by atoms with E-state index in [1.54, 1.807) is 18.2 Å². The molecule has 21 heavy (non-hydrogen) atoms. The van der Waals surface area contributed by atoms with Gasteiger partial charge in [0.2, 0.25) is 10.0 Å². The van der Waals surface area contributed by atoms with E-state index in [1.807, 2.05) is 19.9 Å². The lowest BCUT2D eigenvalue weighted by atomic mass is 10.0. The zero-order chi connectivity index (χ0) is 15.5. The second kappa shape index (κ2) is 6.77. The molecule has 0 aromatic heterocycles. The van der Waals surface area contributed by atoms with E-state index in [9.17, 15) is 8.42 Å². The van der Waals surface area contributed by atoms with Gasteiger partial charge in [-0.3, -0.25) is 0 Å². The maximum Gasteiger partial charge on any atom is 0.242 e. The molecule has 0 radical (unpaired) electrons. The van der Waals surface area contributed by atoms with E-state index >= 15 is 0 Å². The third-order valence-electron chi connectivity index (χ3n) is 3.62. The predicted octanol–water partition coefficient (Wildman–Crippen LogP) is 2.21. The van der Waals surface area contributed by atoms with Crippen molar-refractivity contribution in [1.29, 1.82) is 0 Å². The fraction of sp³-hybridized carbons (Fsp3) is 0.600. The average Bonchev–Trinajstić information content (AvgIpc) is 2.91. The fourth-order valence-corrected chi connectivity index (χ4v) is 3.93. The maximum absolute atomic E-state index is 12.4. The highest BCUT2D eigenvalue weighted by Crippen LogP contribution is 2.25. The lowest BCUT2D eigenvalue weighted by molar-refractivity contribution is 0.183. The van der Waals surface area contributed by atoms with Gasteiger partial charge in [0.1, 0.15) is 4.90 Å². The lowest BCUT2D eigenvalue weighted by Crippen LogP contribution is -2.32. The smallest absolute Gasteiger partial charge is 0.242 e. The summed E-state index contributed by atoms with van der Waals surface area (Å²) in [6.45, 7) is 7.20. The highest BCUT2D eigenvalue weighted by Gasteiger charge is 2.25. The van der Waals surface area contributed by atoms with Crippen molar-refractivity contribution in [2.75, 3.05) is 18.5 Å². The molecule has 0 bridgehead atoms. The number of ether oxygens (including phenoxy) is 1. The molecule has 1 aliphatic rings. The number of para-hydroxylation sites is 1. The molecule has 1 fully saturated rings. The number of sulfonamides is 1. The molecule has 1 aliphatic heterocycles. The summed E-state index contributed by atoms with van der Waals surface area (Å²) in [4.78, 5) is 0.296. The van der Waals surface area contributed by atoms with Gasteiger partial charge < -0.3 is 10.1 Å². The van der Waals surface area contributed by atoms with Gasteiger partial charge in [-0.2, -0.15) is 0 Å². The number of benzene rings is 1. The second-order valence-corrected chi connectivity index (χ2v) is 7.51. The second-order valence-electron chi connectivity index (χ2n) is 5.83. The number of anilines is 1. The first kappa shape index (κ1) is 16.3. The van der Waals surface area contributed by atoms with Crippen molar-refractivity contribution in [2.45, 2.75) is 44.2 Å². The molecule has 0 amide bonds. The van der Waals surface area contributed by atoms with Gasteiger partial charge in [-0.05, 0) is 39.3 Å². The summed E-state index contributed by atoms with van der Waals surface area (Å²) < 4.78 is 32.8. The number of hydrogen-bond donors (Lipinski definition) is 2. The van der Waals surface area contributed by atoms with Crippen molar-refractivity contribution in [3.8, 4) is 0 Å². The van der Waals surface area contributed by atoms with Crippen LogP contribution in [0.25, 0.3) is 0 Å². The molecular formula is C15H24N2O3S. The van der Waals surface area contributed by atoms with Crippen molar-refractivity contribution in [1.82, 2.24) is 4.72 Å². The van der Waals surface area contributed by atoms with Crippen molar-refractivity contribution in [2.24, 2.45) is 5.92 Å². The summed E-state index contributed by atoms with van der Waals surface area (Å²) in [7, 11) is -3.50. The van der Waals surface area contributed by atoms with Gasteiger partial charge in [-0.1, -0.05) is 12.1 Å². The molecule has 0 saturated carbocycles. The normalized spacial score (nSPS) is 20.7. The van der Waals surface area contributed by atoms with Crippen LogP contribution >= 0.6 is 0 Å². The Bertz CT molecular complexity index is 566. The highest BCUT2D eigenvalue weighted by molar-refractivity contribution is 7.89. The van der Waals surface area contributed by atoms with Crippen LogP contribution in [0.3, 0.4) is 0 Å². The number of nitrogens with one attached hydrogen (secondary N) is 2. The standard InChI is InChI=1S/C15H24N2O3S/c1-11(2)17-21(18,19)15-7-5-4-6-14(15)16-12(3)13-8-9-20-10-13/h4-7,11-13,16-17H,8-10H2,1-3H3. The number of hydrogen-bond acceptors (Lipinski definition) is 4. The Kier molecular flexibility index (Phi) is 5.24. The maximum atomic E-state index is 12.4. The predicted molar refractivity (Wildman–Crippen MR) is 83.9 cm³/mol. The van der Waals surface area contributed by atoms with Gasteiger partial charge in [0.25, 0.3) is 0 Å². The van der Waals surface area contributed by atoms with Gasteiger partial charge in [0, 0.05) is 24.6 Å². The molecule has 6 heteroatoms. The monoisotopic (exact) mass is 312 g/mol.